The second kappa shape index (κ2) is 6.78. The average molecular weight is 350 g/mol. The Balaban J connectivity index is 1.64. The van der Waals surface area contributed by atoms with Gasteiger partial charge in [-0.15, -0.1) is 0 Å². The van der Waals surface area contributed by atoms with Gasteiger partial charge in [0.25, 0.3) is 11.8 Å². The number of nitrogens with zero attached hydrogens (tertiary/aromatic N) is 3. The first-order valence-electron chi connectivity index (χ1n) is 9.01. The number of amides is 2. The number of nitrogens with one attached hydrogen (secondary N) is 1. The Labute approximate surface area is 152 Å². The molecule has 1 saturated carbocycles. The van der Waals surface area contributed by atoms with E-state index in [1.807, 2.05) is 22.9 Å². The van der Waals surface area contributed by atoms with Crippen molar-refractivity contribution in [2.75, 3.05) is 11.4 Å². The van der Waals surface area contributed by atoms with Gasteiger partial charge >= 0.3 is 0 Å². The molecule has 0 bridgehead atoms. The molecule has 6 nitrogen and oxygen atoms in total. The third-order valence-electron chi connectivity index (χ3n) is 5.02. The van der Waals surface area contributed by atoms with E-state index in [9.17, 15) is 9.59 Å². The van der Waals surface area contributed by atoms with Gasteiger partial charge in [-0.25, -0.2) is 0 Å². The summed E-state index contributed by atoms with van der Waals surface area (Å²) < 4.78 is 1.98. The molecule has 2 aliphatic rings. The Hall–Kier alpha value is -2.89. The lowest BCUT2D eigenvalue weighted by molar-refractivity contribution is -0.114. The number of rotatable bonds is 6. The Morgan fingerprint density at radius 2 is 2.23 bits per heavy atom. The van der Waals surface area contributed by atoms with Crippen LogP contribution in [0.2, 0.25) is 0 Å². The average Bonchev–Trinajstić information content (AvgIpc) is 3.37. The van der Waals surface area contributed by atoms with Crippen LogP contribution in [0.1, 0.15) is 34.5 Å². The Morgan fingerprint density at radius 1 is 1.38 bits per heavy atom. The van der Waals surface area contributed by atoms with E-state index in [2.05, 4.69) is 17.0 Å². The fourth-order valence-electron chi connectivity index (χ4n) is 3.34. The van der Waals surface area contributed by atoms with Crippen LogP contribution in [0.25, 0.3) is 0 Å². The van der Waals surface area contributed by atoms with Gasteiger partial charge in [0, 0.05) is 30.5 Å². The minimum Gasteiger partial charge on any atom is -0.352 e. The Kier molecular flexibility index (Phi) is 4.32. The second-order valence-corrected chi connectivity index (χ2v) is 6.92. The van der Waals surface area contributed by atoms with Gasteiger partial charge in [0.2, 0.25) is 0 Å². The van der Waals surface area contributed by atoms with Crippen LogP contribution in [0.5, 0.6) is 0 Å². The van der Waals surface area contributed by atoms with E-state index in [1.165, 1.54) is 18.9 Å². The monoisotopic (exact) mass is 350 g/mol. The zero-order valence-corrected chi connectivity index (χ0v) is 14.6. The number of hydrogen-bond acceptors (Lipinski definition) is 3. The molecule has 1 aromatic carbocycles. The van der Waals surface area contributed by atoms with Crippen molar-refractivity contribution < 1.29 is 9.59 Å². The fraction of sp³-hybridized carbons (Fsp3) is 0.350. The third kappa shape index (κ3) is 3.27. The number of carbonyl (C=O) groups excluding carboxylic acids is 2. The molecule has 2 heterocycles. The molecule has 0 saturated heterocycles. The maximum Gasteiger partial charge on any atom is 0.251 e. The highest BCUT2D eigenvalue weighted by atomic mass is 16.2. The second-order valence-electron chi connectivity index (χ2n) is 6.92. The first-order valence-corrected chi connectivity index (χ1v) is 9.01. The van der Waals surface area contributed by atoms with Gasteiger partial charge < -0.3 is 10.2 Å². The van der Waals surface area contributed by atoms with E-state index >= 15 is 0 Å². The fourth-order valence-corrected chi connectivity index (χ4v) is 3.34. The van der Waals surface area contributed by atoms with Crippen LogP contribution in [0.4, 0.5) is 5.69 Å². The molecule has 0 atom stereocenters. The van der Waals surface area contributed by atoms with Crippen molar-refractivity contribution in [2.45, 2.75) is 32.4 Å². The topological polar surface area (TPSA) is 67.2 Å². The molecule has 4 rings (SSSR count). The molecular formula is C20H22N4O2. The van der Waals surface area contributed by atoms with Crippen molar-refractivity contribution in [2.24, 2.45) is 5.92 Å². The molecule has 1 fully saturated rings. The van der Waals surface area contributed by atoms with Crippen LogP contribution < -0.4 is 10.2 Å². The minimum absolute atomic E-state index is 0.0853. The number of fused-ring (bicyclic) bond motifs is 1. The lowest BCUT2D eigenvalue weighted by Gasteiger charge is -2.24. The molecule has 0 radical (unpaired) electrons. The summed E-state index contributed by atoms with van der Waals surface area (Å²) in [6, 6.07) is 7.58. The van der Waals surface area contributed by atoms with Crippen LogP contribution >= 0.6 is 0 Å². The molecule has 26 heavy (non-hydrogen) atoms. The van der Waals surface area contributed by atoms with Crippen molar-refractivity contribution in [3.05, 3.63) is 59.9 Å². The van der Waals surface area contributed by atoms with Gasteiger partial charge in [-0.05, 0) is 55.0 Å². The summed E-state index contributed by atoms with van der Waals surface area (Å²) in [7, 11) is 0. The summed E-state index contributed by atoms with van der Waals surface area (Å²) >= 11 is 0. The van der Waals surface area contributed by atoms with Gasteiger partial charge in [-0.2, -0.15) is 5.10 Å². The van der Waals surface area contributed by atoms with Crippen molar-refractivity contribution >= 4 is 17.5 Å². The number of carbonyl (C=O) groups is 2. The number of aromatic nitrogens is 2. The lowest BCUT2D eigenvalue weighted by Crippen LogP contribution is -2.33. The van der Waals surface area contributed by atoms with Gasteiger partial charge in [0.1, 0.15) is 0 Å². The maximum absolute atomic E-state index is 12.5. The highest BCUT2D eigenvalue weighted by Crippen LogP contribution is 2.31. The SMILES string of the molecule is C=CC(=O)N(Cc1ccnn1CC1CC1)c1ccc2c(c1)C(=O)NCC2. The summed E-state index contributed by atoms with van der Waals surface area (Å²) in [6.45, 7) is 5.57. The minimum atomic E-state index is -0.194. The molecule has 2 aromatic rings. The molecule has 1 aliphatic heterocycles. The van der Waals surface area contributed by atoms with Crippen molar-refractivity contribution in [3.63, 3.8) is 0 Å². The van der Waals surface area contributed by atoms with E-state index in [1.54, 1.807) is 17.2 Å². The predicted octanol–water partition coefficient (Wildman–Crippen LogP) is 2.30. The van der Waals surface area contributed by atoms with Crippen LogP contribution in [0.3, 0.4) is 0 Å². The van der Waals surface area contributed by atoms with E-state index in [4.69, 9.17) is 0 Å². The molecule has 1 aromatic heterocycles. The Morgan fingerprint density at radius 3 is 3.00 bits per heavy atom. The molecule has 0 unspecified atom stereocenters. The van der Waals surface area contributed by atoms with E-state index in [-0.39, 0.29) is 11.8 Å². The molecular weight excluding hydrogens is 328 g/mol. The van der Waals surface area contributed by atoms with E-state index in [0.717, 1.165) is 24.2 Å². The molecule has 1 N–H and O–H groups in total. The predicted molar refractivity (Wildman–Crippen MR) is 98.8 cm³/mol. The number of hydrogen-bond donors (Lipinski definition) is 1. The summed E-state index contributed by atoms with van der Waals surface area (Å²) in [6.07, 6.45) is 6.38. The highest BCUT2D eigenvalue weighted by Gasteiger charge is 2.25. The van der Waals surface area contributed by atoms with E-state index in [0.29, 0.717) is 30.3 Å². The van der Waals surface area contributed by atoms with Crippen molar-refractivity contribution in [1.29, 1.82) is 0 Å². The smallest absolute Gasteiger partial charge is 0.251 e. The zero-order chi connectivity index (χ0) is 18.1. The highest BCUT2D eigenvalue weighted by molar-refractivity contribution is 6.03. The first kappa shape index (κ1) is 16.6. The largest absolute Gasteiger partial charge is 0.352 e. The normalized spacial score (nSPS) is 15.9. The first-order chi connectivity index (χ1) is 12.7. The molecule has 1 aliphatic carbocycles. The van der Waals surface area contributed by atoms with Gasteiger partial charge in [-0.3, -0.25) is 14.3 Å². The molecule has 134 valence electrons. The lowest BCUT2D eigenvalue weighted by atomic mass is 9.99. The third-order valence-corrected chi connectivity index (χ3v) is 5.02. The summed E-state index contributed by atoms with van der Waals surface area (Å²) in [5, 5.41) is 7.25. The van der Waals surface area contributed by atoms with Crippen LogP contribution in [0.15, 0.2) is 43.1 Å². The Bertz CT molecular complexity index is 866. The number of benzene rings is 1. The molecule has 6 heteroatoms. The maximum atomic E-state index is 12.5. The zero-order valence-electron chi connectivity index (χ0n) is 14.6. The quantitative estimate of drug-likeness (QED) is 0.813. The van der Waals surface area contributed by atoms with Crippen LogP contribution in [-0.4, -0.2) is 28.1 Å². The van der Waals surface area contributed by atoms with Crippen LogP contribution in [0, 0.1) is 5.92 Å². The van der Waals surface area contributed by atoms with E-state index < -0.39 is 0 Å². The molecule has 2 amide bonds. The van der Waals surface area contributed by atoms with Gasteiger partial charge in [-0.1, -0.05) is 12.6 Å². The summed E-state index contributed by atoms with van der Waals surface area (Å²) in [5.41, 5.74) is 3.34. The molecule has 0 spiro atoms. The van der Waals surface area contributed by atoms with Gasteiger partial charge in [0.15, 0.2) is 0 Å². The van der Waals surface area contributed by atoms with Crippen molar-refractivity contribution in [1.82, 2.24) is 15.1 Å². The summed E-state index contributed by atoms with van der Waals surface area (Å²) in [5.74, 6) is 0.419. The van der Waals surface area contributed by atoms with Crippen molar-refractivity contribution in [3.8, 4) is 0 Å². The summed E-state index contributed by atoms with van der Waals surface area (Å²) in [4.78, 5) is 26.3. The van der Waals surface area contributed by atoms with Crippen LogP contribution in [-0.2, 0) is 24.3 Å². The number of anilines is 1. The van der Waals surface area contributed by atoms with Gasteiger partial charge in [0.05, 0.1) is 12.2 Å². The standard InChI is InChI=1S/C20H22N4O2/c1-2-19(25)23(13-17-8-10-22-24(17)12-14-3-4-14)16-6-5-15-7-9-21-20(26)18(15)11-16/h2,5-6,8,10-11,14H,1,3-4,7,9,12-13H2,(H,21,26).